The summed E-state index contributed by atoms with van der Waals surface area (Å²) in [6.45, 7) is 0. The zero-order chi connectivity index (χ0) is 20.2. The molecule has 0 saturated carbocycles. The number of hydrogen-bond acceptors (Lipinski definition) is 1. The maximum atomic E-state index is 12.9. The van der Waals surface area contributed by atoms with Crippen LogP contribution in [0.4, 0.5) is 70.4 Å². The highest BCUT2D eigenvalue weighted by atomic mass is 19.4. The lowest BCUT2D eigenvalue weighted by molar-refractivity contribution is -0.525. The van der Waals surface area contributed by atoms with Gasteiger partial charge in [0.2, 0.25) is 0 Å². The van der Waals surface area contributed by atoms with Gasteiger partial charge in [0.15, 0.2) is 0 Å². The summed E-state index contributed by atoms with van der Waals surface area (Å²) in [6, 6.07) is 0. The average Bonchev–Trinajstić information content (AvgIpc) is 2.24. The van der Waals surface area contributed by atoms with Crippen LogP contribution < -0.4 is 0 Å². The molecule has 0 radical (unpaired) electrons. The van der Waals surface area contributed by atoms with Crippen LogP contribution in [0.15, 0.2) is 0 Å². The second-order valence-electron chi connectivity index (χ2n) is 3.97. The van der Waals surface area contributed by atoms with Crippen molar-refractivity contribution in [2.45, 2.75) is 41.9 Å². The molecule has 0 N–H and O–H groups in total. The molecule has 0 aromatic rings. The zero-order valence-electron chi connectivity index (χ0n) is 9.96. The quantitative estimate of drug-likeness (QED) is 0.585. The Labute approximate surface area is 119 Å². The Morgan fingerprint density at radius 3 is 0.625 bits per heavy atom. The lowest BCUT2D eigenvalue weighted by Crippen LogP contribution is -2.80. The normalized spacial score (nSPS) is 16.5. The van der Waals surface area contributed by atoms with Gasteiger partial charge >= 0.3 is 41.9 Å². The Morgan fingerprint density at radius 1 is 0.375 bits per heavy atom. The highest BCUT2D eigenvalue weighted by Crippen LogP contribution is 2.65. The van der Waals surface area contributed by atoms with Gasteiger partial charge in [0.1, 0.15) is 0 Å². The molecule has 0 rings (SSSR count). The van der Waals surface area contributed by atoms with Crippen LogP contribution in [0.3, 0.4) is 0 Å². The fraction of sp³-hybridized carbons (Fsp3) is 1.00. The van der Waals surface area contributed by atoms with Crippen molar-refractivity contribution in [1.82, 2.24) is 0 Å². The largest absolute Gasteiger partial charge is 0.457 e. The molecular weight excluding hydrogens is 404 g/mol. The van der Waals surface area contributed by atoms with Crippen molar-refractivity contribution in [3.63, 3.8) is 0 Å². The molecule has 17 heteroatoms. The van der Waals surface area contributed by atoms with E-state index in [1.165, 1.54) is 0 Å². The van der Waals surface area contributed by atoms with E-state index in [0.717, 1.165) is 4.94 Å². The number of rotatable bonds is 4. The first-order chi connectivity index (χ1) is 10.1. The summed E-state index contributed by atoms with van der Waals surface area (Å²) in [6.07, 6.45) is -23.8. The second-order valence-corrected chi connectivity index (χ2v) is 3.97. The van der Waals surface area contributed by atoms with Crippen LogP contribution >= 0.6 is 0 Å². The molecule has 0 bridgehead atoms. The number of hydrogen-bond donors (Lipinski definition) is 0. The molecule has 1 nitrogen and oxygen atoms in total. The van der Waals surface area contributed by atoms with E-state index in [1.54, 1.807) is 0 Å². The third kappa shape index (κ3) is 2.63. The Hall–Kier alpha value is -1.16. The van der Waals surface area contributed by atoms with Crippen LogP contribution in [0.5, 0.6) is 0 Å². The van der Waals surface area contributed by atoms with Crippen LogP contribution in [0.2, 0.25) is 0 Å². The van der Waals surface area contributed by atoms with Gasteiger partial charge in [-0.1, -0.05) is 0 Å². The summed E-state index contributed by atoms with van der Waals surface area (Å²) >= 11 is 0. The zero-order valence-corrected chi connectivity index (χ0v) is 9.96. The van der Waals surface area contributed by atoms with Crippen molar-refractivity contribution in [3.8, 4) is 0 Å². The summed E-state index contributed by atoms with van der Waals surface area (Å²) < 4.78 is 197. The summed E-state index contributed by atoms with van der Waals surface area (Å²) in [7, 11) is 0. The minimum absolute atomic E-state index is 0.802. The van der Waals surface area contributed by atoms with Gasteiger partial charge in [-0.15, -0.1) is 0 Å². The van der Waals surface area contributed by atoms with E-state index in [1.807, 2.05) is 0 Å². The number of alkyl halides is 15. The minimum atomic E-state index is -8.36. The second kappa shape index (κ2) is 5.42. The standard InChI is InChI=1S/C7F16O/c8-2(9,5(14,15)16)1(24-23,3(10,11)6(17,18)19)4(12,13)7(20,21)22. The average molecular weight is 404 g/mol. The lowest BCUT2D eigenvalue weighted by Gasteiger charge is -2.45. The van der Waals surface area contributed by atoms with Gasteiger partial charge in [0.25, 0.3) is 0 Å². The van der Waals surface area contributed by atoms with E-state index in [-0.39, 0.29) is 0 Å². The Morgan fingerprint density at radius 2 is 0.542 bits per heavy atom. The molecule has 0 amide bonds. The van der Waals surface area contributed by atoms with Crippen molar-refractivity contribution >= 4 is 0 Å². The van der Waals surface area contributed by atoms with Crippen molar-refractivity contribution < 1.29 is 75.3 Å². The summed E-state index contributed by atoms with van der Waals surface area (Å²) in [5.41, 5.74) is -8.36. The van der Waals surface area contributed by atoms with Gasteiger partial charge in [-0.05, 0) is 4.53 Å². The van der Waals surface area contributed by atoms with E-state index < -0.39 is 41.9 Å². The monoisotopic (exact) mass is 404 g/mol. The van der Waals surface area contributed by atoms with E-state index in [9.17, 15) is 70.4 Å². The molecule has 0 atom stereocenters. The van der Waals surface area contributed by atoms with Crippen molar-refractivity contribution in [2.24, 2.45) is 0 Å². The molecule has 0 saturated heterocycles. The fourth-order valence-corrected chi connectivity index (χ4v) is 1.34. The first-order valence-corrected chi connectivity index (χ1v) is 4.69. The van der Waals surface area contributed by atoms with Gasteiger partial charge in [-0.2, -0.15) is 70.8 Å². The molecular formula is C7F16O. The van der Waals surface area contributed by atoms with E-state index in [0.29, 0.717) is 0 Å². The van der Waals surface area contributed by atoms with Gasteiger partial charge in [0, 0.05) is 0 Å². The SMILES string of the molecule is FOC(C(F)(F)C(F)(F)F)(C(F)(F)C(F)(F)F)C(F)(F)C(F)(F)F. The molecule has 0 heterocycles. The Kier molecular flexibility index (Phi) is 5.16. The van der Waals surface area contributed by atoms with E-state index in [4.69, 9.17) is 0 Å². The van der Waals surface area contributed by atoms with Crippen LogP contribution in [0.25, 0.3) is 0 Å². The highest BCUT2D eigenvalue weighted by Gasteiger charge is 2.98. The Balaban J connectivity index is 7.22. The first kappa shape index (κ1) is 22.8. The summed E-state index contributed by atoms with van der Waals surface area (Å²) in [5.74, 6) is -25.1. The predicted octanol–water partition coefficient (Wildman–Crippen LogP) is 5.22. The topological polar surface area (TPSA) is 9.23 Å². The molecule has 0 spiro atoms. The van der Waals surface area contributed by atoms with Gasteiger partial charge < -0.3 is 0 Å². The molecule has 0 aromatic heterocycles. The van der Waals surface area contributed by atoms with Gasteiger partial charge in [-0.3, -0.25) is 0 Å². The molecule has 0 aliphatic rings. The highest BCUT2D eigenvalue weighted by molar-refractivity contribution is 5.19. The van der Waals surface area contributed by atoms with Gasteiger partial charge in [-0.25, -0.2) is 0 Å². The van der Waals surface area contributed by atoms with Crippen molar-refractivity contribution in [2.75, 3.05) is 0 Å². The molecule has 0 unspecified atom stereocenters. The predicted molar refractivity (Wildman–Crippen MR) is 37.9 cm³/mol. The fourth-order valence-electron chi connectivity index (χ4n) is 1.34. The van der Waals surface area contributed by atoms with E-state index in [2.05, 4.69) is 0 Å². The molecule has 146 valence electrons. The molecule has 0 aromatic carbocycles. The maximum Gasteiger partial charge on any atom is 0.457 e. The van der Waals surface area contributed by atoms with Crippen LogP contribution in [0, 0.1) is 0 Å². The smallest absolute Gasteiger partial charge is 0.192 e. The molecule has 0 fully saturated rings. The van der Waals surface area contributed by atoms with E-state index >= 15 is 0 Å². The third-order valence-electron chi connectivity index (χ3n) is 2.51. The van der Waals surface area contributed by atoms with Crippen LogP contribution in [0.1, 0.15) is 0 Å². The van der Waals surface area contributed by atoms with Crippen molar-refractivity contribution in [3.05, 3.63) is 0 Å². The van der Waals surface area contributed by atoms with Crippen LogP contribution in [-0.4, -0.2) is 41.9 Å². The van der Waals surface area contributed by atoms with Crippen LogP contribution in [-0.2, 0) is 4.94 Å². The van der Waals surface area contributed by atoms with Crippen molar-refractivity contribution in [1.29, 1.82) is 0 Å². The number of halogens is 16. The summed E-state index contributed by atoms with van der Waals surface area (Å²) in [4.78, 5) is 0.802. The molecule has 24 heavy (non-hydrogen) atoms. The molecule has 0 aliphatic heterocycles. The summed E-state index contributed by atoms with van der Waals surface area (Å²) in [5, 5.41) is 0. The molecule has 0 aliphatic carbocycles. The third-order valence-corrected chi connectivity index (χ3v) is 2.51. The first-order valence-electron chi connectivity index (χ1n) is 4.69. The maximum absolute atomic E-state index is 12.9. The minimum Gasteiger partial charge on any atom is -0.192 e. The Bertz CT molecular complexity index is 386. The van der Waals surface area contributed by atoms with Gasteiger partial charge in [0.05, 0.1) is 0 Å². The lowest BCUT2D eigenvalue weighted by atomic mass is 9.80.